The third-order valence-electron chi connectivity index (χ3n) is 3.21. The lowest BCUT2D eigenvalue weighted by molar-refractivity contribution is 0.0912. The van der Waals surface area contributed by atoms with Crippen LogP contribution in [-0.4, -0.2) is 25.0 Å². The molecule has 88 valence electrons. The van der Waals surface area contributed by atoms with Gasteiger partial charge in [0.25, 0.3) is 5.91 Å². The number of aryl methyl sites for hydroxylation is 1. The van der Waals surface area contributed by atoms with Crippen molar-refractivity contribution in [3.8, 4) is 0 Å². The summed E-state index contributed by atoms with van der Waals surface area (Å²) in [5.74, 6) is 1.13. The van der Waals surface area contributed by atoms with Gasteiger partial charge in [-0.25, -0.2) is 0 Å². The molecule has 4 heteroatoms. The Morgan fingerprint density at radius 1 is 1.62 bits per heavy atom. The standard InChI is InChI=1S/C12H18N2O2/c1-8-7-13-5-3-11(8)14-12(15)10-4-6-16-9(10)2/h4,6,8,11,13H,3,5,7H2,1-2H3,(H,14,15). The molecule has 1 fully saturated rings. The van der Waals surface area contributed by atoms with E-state index in [-0.39, 0.29) is 11.9 Å². The molecule has 0 spiro atoms. The molecule has 1 aliphatic rings. The van der Waals surface area contributed by atoms with Gasteiger partial charge in [-0.05, 0) is 38.4 Å². The first kappa shape index (κ1) is 11.2. The van der Waals surface area contributed by atoms with Crippen molar-refractivity contribution >= 4 is 5.91 Å². The van der Waals surface area contributed by atoms with Crippen LogP contribution in [0, 0.1) is 12.8 Å². The third-order valence-corrected chi connectivity index (χ3v) is 3.21. The number of carbonyl (C=O) groups excluding carboxylic acids is 1. The fourth-order valence-corrected chi connectivity index (χ4v) is 2.10. The SMILES string of the molecule is Cc1occc1C(=O)NC1CCNCC1C. The average molecular weight is 222 g/mol. The van der Waals surface area contributed by atoms with E-state index in [4.69, 9.17) is 4.42 Å². The van der Waals surface area contributed by atoms with Crippen LogP contribution >= 0.6 is 0 Å². The van der Waals surface area contributed by atoms with E-state index in [0.717, 1.165) is 19.5 Å². The van der Waals surface area contributed by atoms with Crippen LogP contribution in [0.1, 0.15) is 29.5 Å². The van der Waals surface area contributed by atoms with Gasteiger partial charge in [0.2, 0.25) is 0 Å². The van der Waals surface area contributed by atoms with Crippen molar-refractivity contribution in [3.05, 3.63) is 23.7 Å². The summed E-state index contributed by atoms with van der Waals surface area (Å²) in [6.45, 7) is 5.90. The van der Waals surface area contributed by atoms with E-state index < -0.39 is 0 Å². The molecule has 1 saturated heterocycles. The Morgan fingerprint density at radius 3 is 3.06 bits per heavy atom. The second-order valence-corrected chi connectivity index (χ2v) is 4.44. The van der Waals surface area contributed by atoms with Gasteiger partial charge in [-0.2, -0.15) is 0 Å². The van der Waals surface area contributed by atoms with Crippen LogP contribution in [0.4, 0.5) is 0 Å². The number of nitrogens with one attached hydrogen (secondary N) is 2. The highest BCUT2D eigenvalue weighted by atomic mass is 16.3. The van der Waals surface area contributed by atoms with Gasteiger partial charge in [0.1, 0.15) is 5.76 Å². The van der Waals surface area contributed by atoms with Crippen molar-refractivity contribution in [2.45, 2.75) is 26.3 Å². The highest BCUT2D eigenvalue weighted by Gasteiger charge is 2.23. The molecular formula is C12H18N2O2. The molecule has 1 amide bonds. The molecule has 1 aliphatic heterocycles. The summed E-state index contributed by atoms with van der Waals surface area (Å²) >= 11 is 0. The summed E-state index contributed by atoms with van der Waals surface area (Å²) < 4.78 is 5.13. The Labute approximate surface area is 95.4 Å². The number of furan rings is 1. The van der Waals surface area contributed by atoms with E-state index in [1.807, 2.05) is 0 Å². The van der Waals surface area contributed by atoms with E-state index in [0.29, 0.717) is 17.2 Å². The maximum absolute atomic E-state index is 11.9. The fourth-order valence-electron chi connectivity index (χ4n) is 2.10. The smallest absolute Gasteiger partial charge is 0.255 e. The summed E-state index contributed by atoms with van der Waals surface area (Å²) in [5, 5.41) is 6.39. The summed E-state index contributed by atoms with van der Waals surface area (Å²) in [7, 11) is 0. The van der Waals surface area contributed by atoms with E-state index >= 15 is 0 Å². The summed E-state index contributed by atoms with van der Waals surface area (Å²) in [5.41, 5.74) is 0.644. The Bertz CT molecular complexity index is 373. The highest BCUT2D eigenvalue weighted by molar-refractivity contribution is 5.95. The van der Waals surface area contributed by atoms with Gasteiger partial charge in [0, 0.05) is 6.04 Å². The molecule has 0 saturated carbocycles. The number of hydrogen-bond donors (Lipinski definition) is 2. The summed E-state index contributed by atoms with van der Waals surface area (Å²) in [6, 6.07) is 1.99. The lowest BCUT2D eigenvalue weighted by atomic mass is 9.95. The Morgan fingerprint density at radius 2 is 2.44 bits per heavy atom. The molecule has 1 aromatic rings. The van der Waals surface area contributed by atoms with Gasteiger partial charge in [0.05, 0.1) is 11.8 Å². The van der Waals surface area contributed by atoms with Crippen LogP contribution < -0.4 is 10.6 Å². The molecule has 1 aromatic heterocycles. The monoisotopic (exact) mass is 222 g/mol. The van der Waals surface area contributed by atoms with Crippen molar-refractivity contribution in [3.63, 3.8) is 0 Å². The summed E-state index contributed by atoms with van der Waals surface area (Å²) in [6.07, 6.45) is 2.54. The van der Waals surface area contributed by atoms with Crippen molar-refractivity contribution < 1.29 is 9.21 Å². The number of piperidine rings is 1. The highest BCUT2D eigenvalue weighted by Crippen LogP contribution is 2.13. The Hall–Kier alpha value is -1.29. The minimum Gasteiger partial charge on any atom is -0.469 e. The van der Waals surface area contributed by atoms with Crippen molar-refractivity contribution in [2.75, 3.05) is 13.1 Å². The van der Waals surface area contributed by atoms with E-state index in [1.54, 1.807) is 19.3 Å². The quantitative estimate of drug-likeness (QED) is 0.793. The molecule has 2 unspecified atom stereocenters. The minimum absolute atomic E-state index is 0.0231. The molecule has 4 nitrogen and oxygen atoms in total. The second-order valence-electron chi connectivity index (χ2n) is 4.44. The zero-order valence-electron chi connectivity index (χ0n) is 9.75. The molecule has 2 atom stereocenters. The van der Waals surface area contributed by atoms with Crippen LogP contribution in [0.3, 0.4) is 0 Å². The van der Waals surface area contributed by atoms with Crippen LogP contribution in [0.5, 0.6) is 0 Å². The predicted molar refractivity (Wildman–Crippen MR) is 61.3 cm³/mol. The van der Waals surface area contributed by atoms with Gasteiger partial charge >= 0.3 is 0 Å². The van der Waals surface area contributed by atoms with Crippen molar-refractivity contribution in [1.82, 2.24) is 10.6 Å². The van der Waals surface area contributed by atoms with Crippen LogP contribution in [0.25, 0.3) is 0 Å². The first-order chi connectivity index (χ1) is 7.68. The maximum atomic E-state index is 11.9. The van der Waals surface area contributed by atoms with Crippen LogP contribution in [0.15, 0.2) is 16.7 Å². The largest absolute Gasteiger partial charge is 0.469 e. The number of rotatable bonds is 2. The molecule has 0 aliphatic carbocycles. The minimum atomic E-state index is -0.0231. The Kier molecular flexibility index (Phi) is 3.29. The predicted octanol–water partition coefficient (Wildman–Crippen LogP) is 1.32. The van der Waals surface area contributed by atoms with Crippen LogP contribution in [0.2, 0.25) is 0 Å². The second kappa shape index (κ2) is 4.70. The summed E-state index contributed by atoms with van der Waals surface area (Å²) in [4.78, 5) is 11.9. The molecule has 2 rings (SSSR count). The topological polar surface area (TPSA) is 54.3 Å². The number of amides is 1. The lowest BCUT2D eigenvalue weighted by Gasteiger charge is -2.30. The van der Waals surface area contributed by atoms with Gasteiger partial charge in [-0.15, -0.1) is 0 Å². The van der Waals surface area contributed by atoms with Crippen molar-refractivity contribution in [1.29, 1.82) is 0 Å². The molecule has 0 bridgehead atoms. The first-order valence-corrected chi connectivity index (χ1v) is 5.74. The number of carbonyl (C=O) groups is 1. The molecule has 2 N–H and O–H groups in total. The van der Waals surface area contributed by atoms with E-state index in [1.165, 1.54) is 0 Å². The van der Waals surface area contributed by atoms with E-state index in [2.05, 4.69) is 17.6 Å². The number of hydrogen-bond acceptors (Lipinski definition) is 3. The average Bonchev–Trinajstić information content (AvgIpc) is 2.68. The first-order valence-electron chi connectivity index (χ1n) is 5.74. The molecular weight excluding hydrogens is 204 g/mol. The van der Waals surface area contributed by atoms with Gasteiger partial charge in [-0.1, -0.05) is 6.92 Å². The molecule has 2 heterocycles. The zero-order chi connectivity index (χ0) is 11.5. The molecule has 0 radical (unpaired) electrons. The van der Waals surface area contributed by atoms with Gasteiger partial charge in [-0.3, -0.25) is 4.79 Å². The lowest BCUT2D eigenvalue weighted by Crippen LogP contribution is -2.48. The van der Waals surface area contributed by atoms with Crippen molar-refractivity contribution in [2.24, 2.45) is 5.92 Å². The van der Waals surface area contributed by atoms with Crippen LogP contribution in [-0.2, 0) is 0 Å². The van der Waals surface area contributed by atoms with Gasteiger partial charge < -0.3 is 15.1 Å². The molecule has 0 aromatic carbocycles. The third kappa shape index (κ3) is 2.27. The normalized spacial score (nSPS) is 25.4. The zero-order valence-corrected chi connectivity index (χ0v) is 9.75. The maximum Gasteiger partial charge on any atom is 0.255 e. The van der Waals surface area contributed by atoms with E-state index in [9.17, 15) is 4.79 Å². The van der Waals surface area contributed by atoms with Gasteiger partial charge in [0.15, 0.2) is 0 Å². The fraction of sp³-hybridized carbons (Fsp3) is 0.583. The Balaban J connectivity index is 1.99. The molecule has 16 heavy (non-hydrogen) atoms.